The van der Waals surface area contributed by atoms with Crippen LogP contribution in [0.4, 0.5) is 14.5 Å². The second kappa shape index (κ2) is 9.01. The Hall–Kier alpha value is -4.14. The molecule has 2 aromatic carbocycles. The van der Waals surface area contributed by atoms with Gasteiger partial charge < -0.3 is 9.80 Å². The number of piperazine rings is 1. The maximum atomic E-state index is 14.7. The fraction of sp³-hybridized carbons (Fsp3) is 0.200. The van der Waals surface area contributed by atoms with Crippen molar-refractivity contribution < 1.29 is 13.6 Å². The Morgan fingerprint density at radius 1 is 0.971 bits per heavy atom. The summed E-state index contributed by atoms with van der Waals surface area (Å²) in [6.07, 6.45) is 3.54. The molecule has 0 atom stereocenters. The van der Waals surface area contributed by atoms with Crippen LogP contribution in [0.1, 0.15) is 21.6 Å². The van der Waals surface area contributed by atoms with E-state index in [1.807, 2.05) is 12.1 Å². The third-order valence-electron chi connectivity index (χ3n) is 6.06. The molecular weight excluding hydrogens is 440 g/mol. The number of hydrogen-bond donors (Lipinski definition) is 1. The highest BCUT2D eigenvalue weighted by atomic mass is 19.2. The van der Waals surface area contributed by atoms with Crippen LogP contribution in [0.5, 0.6) is 0 Å². The highest BCUT2D eigenvalue weighted by Gasteiger charge is 2.26. The number of amides is 1. The number of H-pyrrole nitrogens is 1. The van der Waals surface area contributed by atoms with Gasteiger partial charge in [-0.25, -0.2) is 13.9 Å². The van der Waals surface area contributed by atoms with Gasteiger partial charge in [-0.3, -0.25) is 14.6 Å². The molecule has 0 aliphatic carbocycles. The molecule has 34 heavy (non-hydrogen) atoms. The maximum Gasteiger partial charge on any atom is 0.272 e. The van der Waals surface area contributed by atoms with Crippen LogP contribution in [0.3, 0.4) is 0 Å². The van der Waals surface area contributed by atoms with Crippen molar-refractivity contribution in [2.75, 3.05) is 31.1 Å². The zero-order valence-electron chi connectivity index (χ0n) is 18.2. The van der Waals surface area contributed by atoms with Gasteiger partial charge in [0.1, 0.15) is 0 Å². The molecule has 9 heteroatoms. The smallest absolute Gasteiger partial charge is 0.272 e. The van der Waals surface area contributed by atoms with Crippen molar-refractivity contribution in [3.63, 3.8) is 0 Å². The standard InChI is InChI=1S/C25H21F2N5O2/c26-21-14-16(15-22-18-3-1-2-4-19(18)24(33)30-29-22)13-20(23(21)27)25(34)32-11-9-31(10-12-32)17-5-7-28-8-6-17/h1-8,13-14H,9-12,15H2,(H,30,33). The van der Waals surface area contributed by atoms with Crippen molar-refractivity contribution in [3.05, 3.63) is 99.7 Å². The van der Waals surface area contributed by atoms with E-state index in [4.69, 9.17) is 0 Å². The lowest BCUT2D eigenvalue weighted by molar-refractivity contribution is 0.0740. The van der Waals surface area contributed by atoms with Crippen molar-refractivity contribution in [2.45, 2.75) is 6.42 Å². The summed E-state index contributed by atoms with van der Waals surface area (Å²) in [6, 6.07) is 13.2. The lowest BCUT2D eigenvalue weighted by Gasteiger charge is -2.36. The molecule has 0 saturated carbocycles. The molecule has 3 heterocycles. The number of halogens is 2. The molecule has 0 unspecified atom stereocenters. The largest absolute Gasteiger partial charge is 0.368 e. The van der Waals surface area contributed by atoms with Gasteiger partial charge in [0.05, 0.1) is 16.6 Å². The Morgan fingerprint density at radius 3 is 2.41 bits per heavy atom. The zero-order chi connectivity index (χ0) is 23.7. The van der Waals surface area contributed by atoms with Gasteiger partial charge in [-0.15, -0.1) is 0 Å². The molecule has 0 bridgehead atoms. The van der Waals surface area contributed by atoms with E-state index in [9.17, 15) is 18.4 Å². The number of aromatic nitrogens is 3. The Bertz CT molecular complexity index is 1420. The number of nitrogens with zero attached hydrogens (tertiary/aromatic N) is 4. The molecule has 0 spiro atoms. The number of benzene rings is 2. The quantitative estimate of drug-likeness (QED) is 0.505. The second-order valence-corrected chi connectivity index (χ2v) is 8.15. The average molecular weight is 461 g/mol. The summed E-state index contributed by atoms with van der Waals surface area (Å²) in [4.78, 5) is 32.8. The first-order chi connectivity index (χ1) is 16.5. The van der Waals surface area contributed by atoms with E-state index in [0.29, 0.717) is 48.2 Å². The fourth-order valence-corrected chi connectivity index (χ4v) is 4.30. The van der Waals surface area contributed by atoms with Gasteiger partial charge in [0.2, 0.25) is 0 Å². The van der Waals surface area contributed by atoms with Crippen LogP contribution in [0.2, 0.25) is 0 Å². The van der Waals surface area contributed by atoms with Gasteiger partial charge >= 0.3 is 0 Å². The molecule has 1 amide bonds. The van der Waals surface area contributed by atoms with Crippen LogP contribution in [-0.2, 0) is 6.42 Å². The van der Waals surface area contributed by atoms with Crippen LogP contribution in [0, 0.1) is 11.6 Å². The molecule has 5 rings (SSSR count). The van der Waals surface area contributed by atoms with Gasteiger partial charge in [0.15, 0.2) is 11.6 Å². The molecule has 4 aromatic rings. The number of fused-ring (bicyclic) bond motifs is 1. The highest BCUT2D eigenvalue weighted by molar-refractivity contribution is 5.95. The minimum absolute atomic E-state index is 0.130. The summed E-state index contributed by atoms with van der Waals surface area (Å²) >= 11 is 0. The summed E-state index contributed by atoms with van der Waals surface area (Å²) in [5.41, 5.74) is 1.27. The van der Waals surface area contributed by atoms with Crippen molar-refractivity contribution in [1.82, 2.24) is 20.1 Å². The van der Waals surface area contributed by atoms with E-state index in [1.54, 1.807) is 36.7 Å². The molecule has 0 radical (unpaired) electrons. The van der Waals surface area contributed by atoms with Crippen LogP contribution in [0.25, 0.3) is 10.8 Å². The zero-order valence-corrected chi connectivity index (χ0v) is 18.2. The lowest BCUT2D eigenvalue weighted by Crippen LogP contribution is -2.49. The molecular formula is C25H21F2N5O2. The first-order valence-corrected chi connectivity index (χ1v) is 10.9. The van der Waals surface area contributed by atoms with Gasteiger partial charge in [-0.2, -0.15) is 5.10 Å². The third kappa shape index (κ3) is 4.12. The first kappa shape index (κ1) is 21.7. The summed E-state index contributed by atoms with van der Waals surface area (Å²) in [6.45, 7) is 1.93. The van der Waals surface area contributed by atoms with Crippen molar-refractivity contribution in [1.29, 1.82) is 0 Å². The van der Waals surface area contributed by atoms with Crippen LogP contribution in [0.15, 0.2) is 65.7 Å². The summed E-state index contributed by atoms with van der Waals surface area (Å²) < 4.78 is 29.2. The van der Waals surface area contributed by atoms with Crippen molar-refractivity contribution in [2.24, 2.45) is 0 Å². The van der Waals surface area contributed by atoms with Crippen molar-refractivity contribution >= 4 is 22.4 Å². The molecule has 1 aliphatic heterocycles. The SMILES string of the molecule is O=C(c1cc(Cc2n[nH]c(=O)c3ccccc23)cc(F)c1F)N1CCN(c2ccncc2)CC1. The predicted molar refractivity (Wildman–Crippen MR) is 124 cm³/mol. The number of hydrogen-bond acceptors (Lipinski definition) is 5. The second-order valence-electron chi connectivity index (χ2n) is 8.15. The van der Waals surface area contributed by atoms with Crippen LogP contribution >= 0.6 is 0 Å². The Labute approximate surface area is 193 Å². The van der Waals surface area contributed by atoms with Crippen LogP contribution < -0.4 is 10.5 Å². The minimum Gasteiger partial charge on any atom is -0.368 e. The maximum absolute atomic E-state index is 14.7. The molecule has 1 saturated heterocycles. The number of nitrogens with one attached hydrogen (secondary N) is 1. The number of aromatic amines is 1. The Balaban J connectivity index is 1.39. The summed E-state index contributed by atoms with van der Waals surface area (Å²) in [5, 5.41) is 7.61. The first-order valence-electron chi connectivity index (χ1n) is 10.9. The van der Waals surface area contributed by atoms with Crippen molar-refractivity contribution in [3.8, 4) is 0 Å². The van der Waals surface area contributed by atoms with Gasteiger partial charge in [0.25, 0.3) is 11.5 Å². The van der Waals surface area contributed by atoms with Gasteiger partial charge in [-0.05, 0) is 35.9 Å². The number of carbonyl (C=O) groups excluding carboxylic acids is 1. The molecule has 1 N–H and O–H groups in total. The molecule has 1 fully saturated rings. The third-order valence-corrected chi connectivity index (χ3v) is 6.06. The summed E-state index contributed by atoms with van der Waals surface area (Å²) in [7, 11) is 0. The molecule has 1 aliphatic rings. The average Bonchev–Trinajstić information content (AvgIpc) is 2.88. The topological polar surface area (TPSA) is 82.2 Å². The lowest BCUT2D eigenvalue weighted by atomic mass is 10.0. The van der Waals surface area contributed by atoms with Gasteiger partial charge in [-0.1, -0.05) is 18.2 Å². The van der Waals surface area contributed by atoms with E-state index >= 15 is 0 Å². The summed E-state index contributed by atoms with van der Waals surface area (Å²) in [5.74, 6) is -2.80. The number of anilines is 1. The van der Waals surface area contributed by atoms with Gasteiger partial charge in [0, 0.05) is 56.1 Å². The molecule has 172 valence electrons. The number of carbonyl (C=O) groups is 1. The Morgan fingerprint density at radius 2 is 1.68 bits per heavy atom. The monoisotopic (exact) mass is 461 g/mol. The van der Waals surface area contributed by atoms with Crippen LogP contribution in [-0.4, -0.2) is 52.2 Å². The van der Waals surface area contributed by atoms with E-state index in [1.165, 1.54) is 11.0 Å². The van der Waals surface area contributed by atoms with E-state index < -0.39 is 17.5 Å². The fourth-order valence-electron chi connectivity index (χ4n) is 4.30. The van der Waals surface area contributed by atoms with E-state index in [0.717, 1.165) is 11.8 Å². The number of rotatable bonds is 4. The van der Waals surface area contributed by atoms with E-state index in [2.05, 4.69) is 20.1 Å². The Kier molecular flexibility index (Phi) is 5.75. The van der Waals surface area contributed by atoms with E-state index in [-0.39, 0.29) is 17.5 Å². The molecule has 2 aromatic heterocycles. The minimum atomic E-state index is -1.16. The predicted octanol–water partition coefficient (Wildman–Crippen LogP) is 3.15. The normalized spacial score (nSPS) is 13.9. The molecule has 7 nitrogen and oxygen atoms in total. The number of pyridine rings is 1. The highest BCUT2D eigenvalue weighted by Crippen LogP contribution is 2.23.